The number of urea groups is 1. The number of para-hydroxylation sites is 2. The van der Waals surface area contributed by atoms with Crippen LogP contribution in [0.5, 0.6) is 0 Å². The predicted molar refractivity (Wildman–Crippen MR) is 131 cm³/mol. The molecule has 2 aromatic carbocycles. The summed E-state index contributed by atoms with van der Waals surface area (Å²) in [5.41, 5.74) is 2.79. The zero-order valence-electron chi connectivity index (χ0n) is 20.0. The number of aryl methyl sites for hydroxylation is 1. The molecule has 9 heteroatoms. The van der Waals surface area contributed by atoms with E-state index in [1.165, 1.54) is 12.1 Å². The number of carbonyl (C=O) groups excluding carboxylic acids is 2. The van der Waals surface area contributed by atoms with Gasteiger partial charge < -0.3 is 24.8 Å². The van der Waals surface area contributed by atoms with Crippen molar-refractivity contribution in [3.8, 4) is 0 Å². The number of ether oxygens (including phenoxy) is 1. The number of amides is 3. The van der Waals surface area contributed by atoms with Crippen LogP contribution in [0.3, 0.4) is 0 Å². The molecular weight excluding hydrogens is 449 g/mol. The lowest BCUT2D eigenvalue weighted by atomic mass is 9.94. The van der Waals surface area contributed by atoms with E-state index in [9.17, 15) is 14.0 Å². The van der Waals surface area contributed by atoms with Gasteiger partial charge >= 0.3 is 6.03 Å². The second-order valence-electron chi connectivity index (χ2n) is 8.92. The third-order valence-corrected chi connectivity index (χ3v) is 6.47. The number of fused-ring (bicyclic) bond motifs is 1. The summed E-state index contributed by atoms with van der Waals surface area (Å²) in [5.74, 6) is 0.841. The fourth-order valence-corrected chi connectivity index (χ4v) is 4.35. The van der Waals surface area contributed by atoms with Gasteiger partial charge in [-0.05, 0) is 55.0 Å². The number of carbonyl (C=O) groups is 2. The first-order valence-corrected chi connectivity index (χ1v) is 12.0. The fraction of sp³-hybridized carbons (Fsp3) is 0.423. The molecule has 3 amide bonds. The third kappa shape index (κ3) is 6.79. The average Bonchev–Trinajstić information content (AvgIpc) is 3.19. The van der Waals surface area contributed by atoms with Crippen molar-refractivity contribution in [3.05, 3.63) is 65.7 Å². The highest BCUT2D eigenvalue weighted by Crippen LogP contribution is 2.20. The van der Waals surface area contributed by atoms with Gasteiger partial charge in [0.05, 0.1) is 24.2 Å². The maximum atomic E-state index is 12.9. The molecule has 2 N–H and O–H groups in total. The Balaban J connectivity index is 1.09. The summed E-state index contributed by atoms with van der Waals surface area (Å²) in [5, 5.41) is 5.88. The summed E-state index contributed by atoms with van der Waals surface area (Å²) in [6, 6.07) is 13.9. The Labute approximate surface area is 204 Å². The molecule has 2 heterocycles. The van der Waals surface area contributed by atoms with E-state index in [2.05, 4.69) is 15.6 Å². The molecule has 0 unspecified atom stereocenters. The molecule has 0 aliphatic carbocycles. The number of rotatable bonds is 9. The average molecular weight is 482 g/mol. The molecule has 0 saturated carbocycles. The highest BCUT2D eigenvalue weighted by Gasteiger charge is 2.23. The second-order valence-corrected chi connectivity index (χ2v) is 8.92. The lowest BCUT2D eigenvalue weighted by Gasteiger charge is -2.32. The Kier molecular flexibility index (Phi) is 8.31. The predicted octanol–water partition coefficient (Wildman–Crippen LogP) is 3.36. The minimum atomic E-state index is -0.295. The van der Waals surface area contributed by atoms with Crippen LogP contribution < -0.4 is 10.6 Å². The SMILES string of the molecule is Cn1c(CNC(=O)N2CCC(CCNC(=O)COCc3ccc(F)cc3)CC2)nc2ccccc21. The van der Waals surface area contributed by atoms with Crippen molar-refractivity contribution in [2.75, 3.05) is 26.2 Å². The molecule has 3 aromatic rings. The summed E-state index contributed by atoms with van der Waals surface area (Å²) >= 11 is 0. The number of piperidine rings is 1. The Hall–Kier alpha value is -3.46. The zero-order valence-corrected chi connectivity index (χ0v) is 20.0. The van der Waals surface area contributed by atoms with Gasteiger partial charge in [0.1, 0.15) is 18.2 Å². The van der Waals surface area contributed by atoms with E-state index in [-0.39, 0.29) is 31.0 Å². The van der Waals surface area contributed by atoms with Crippen LogP contribution in [0.1, 0.15) is 30.7 Å². The number of nitrogens with zero attached hydrogens (tertiary/aromatic N) is 3. The molecular formula is C26H32FN5O3. The largest absolute Gasteiger partial charge is 0.367 e. The van der Waals surface area contributed by atoms with E-state index in [1.807, 2.05) is 40.8 Å². The van der Waals surface area contributed by atoms with Gasteiger partial charge in [0.2, 0.25) is 5.91 Å². The van der Waals surface area contributed by atoms with Crippen LogP contribution in [0.4, 0.5) is 9.18 Å². The molecule has 1 saturated heterocycles. The molecule has 1 aliphatic heterocycles. The van der Waals surface area contributed by atoms with Crippen molar-refractivity contribution >= 4 is 23.0 Å². The topological polar surface area (TPSA) is 88.5 Å². The number of hydrogen-bond acceptors (Lipinski definition) is 4. The summed E-state index contributed by atoms with van der Waals surface area (Å²) in [6.07, 6.45) is 2.70. The van der Waals surface area contributed by atoms with Gasteiger partial charge in [-0.2, -0.15) is 0 Å². The van der Waals surface area contributed by atoms with Crippen molar-refractivity contribution in [2.24, 2.45) is 13.0 Å². The molecule has 0 radical (unpaired) electrons. The van der Waals surface area contributed by atoms with Gasteiger partial charge in [-0.1, -0.05) is 24.3 Å². The van der Waals surface area contributed by atoms with E-state index in [1.54, 1.807) is 12.1 Å². The van der Waals surface area contributed by atoms with Crippen molar-refractivity contribution in [2.45, 2.75) is 32.4 Å². The van der Waals surface area contributed by atoms with Gasteiger partial charge in [0, 0.05) is 26.7 Å². The molecule has 1 fully saturated rings. The number of hydrogen-bond donors (Lipinski definition) is 2. The van der Waals surface area contributed by atoms with Crippen LogP contribution in [-0.2, 0) is 29.7 Å². The van der Waals surface area contributed by atoms with Crippen molar-refractivity contribution < 1.29 is 18.7 Å². The van der Waals surface area contributed by atoms with Gasteiger partial charge in [0.25, 0.3) is 0 Å². The number of likely N-dealkylation sites (tertiary alicyclic amines) is 1. The molecule has 0 spiro atoms. The quantitative estimate of drug-likeness (QED) is 0.491. The maximum Gasteiger partial charge on any atom is 0.317 e. The van der Waals surface area contributed by atoms with E-state index < -0.39 is 0 Å². The smallest absolute Gasteiger partial charge is 0.317 e. The second kappa shape index (κ2) is 11.8. The van der Waals surface area contributed by atoms with Crippen molar-refractivity contribution in [3.63, 3.8) is 0 Å². The molecule has 186 valence electrons. The standard InChI is InChI=1S/C26H32FN5O3/c1-31-23-5-3-2-4-22(23)30-24(31)16-29-26(34)32-14-11-19(12-15-32)10-13-28-25(33)18-35-17-20-6-8-21(27)9-7-20/h2-9,19H,10-18H2,1H3,(H,28,33)(H,29,34). The number of aromatic nitrogens is 2. The van der Waals surface area contributed by atoms with E-state index in [4.69, 9.17) is 4.74 Å². The number of benzene rings is 2. The maximum absolute atomic E-state index is 12.9. The van der Waals surface area contributed by atoms with Gasteiger partial charge in [-0.15, -0.1) is 0 Å². The zero-order chi connectivity index (χ0) is 24.6. The van der Waals surface area contributed by atoms with Crippen LogP contribution in [0.2, 0.25) is 0 Å². The van der Waals surface area contributed by atoms with E-state index in [0.29, 0.717) is 32.1 Å². The van der Waals surface area contributed by atoms with E-state index >= 15 is 0 Å². The third-order valence-electron chi connectivity index (χ3n) is 6.47. The van der Waals surface area contributed by atoms with Crippen LogP contribution in [0.15, 0.2) is 48.5 Å². The monoisotopic (exact) mass is 481 g/mol. The molecule has 1 aromatic heterocycles. The first kappa shape index (κ1) is 24.7. The Morgan fingerprint density at radius 2 is 1.83 bits per heavy atom. The number of nitrogens with one attached hydrogen (secondary N) is 2. The minimum Gasteiger partial charge on any atom is -0.367 e. The summed E-state index contributed by atoms with van der Waals surface area (Å²) < 4.78 is 20.3. The first-order chi connectivity index (χ1) is 17.0. The highest BCUT2D eigenvalue weighted by molar-refractivity contribution is 5.77. The van der Waals surface area contributed by atoms with Gasteiger partial charge in [0.15, 0.2) is 0 Å². The molecule has 1 aliphatic rings. The number of halogens is 1. The minimum absolute atomic E-state index is 0.0262. The van der Waals surface area contributed by atoms with Crippen molar-refractivity contribution in [1.29, 1.82) is 0 Å². The Bertz CT molecular complexity index is 1140. The van der Waals surface area contributed by atoms with Crippen LogP contribution >= 0.6 is 0 Å². The Morgan fingerprint density at radius 3 is 2.57 bits per heavy atom. The first-order valence-electron chi connectivity index (χ1n) is 12.0. The van der Waals surface area contributed by atoms with Crippen molar-refractivity contribution in [1.82, 2.24) is 25.1 Å². The van der Waals surface area contributed by atoms with Crippen LogP contribution in [0.25, 0.3) is 11.0 Å². The molecule has 4 rings (SSSR count). The fourth-order valence-electron chi connectivity index (χ4n) is 4.35. The molecule has 35 heavy (non-hydrogen) atoms. The summed E-state index contributed by atoms with van der Waals surface area (Å²) in [4.78, 5) is 31.0. The molecule has 0 atom stereocenters. The van der Waals surface area contributed by atoms with Gasteiger partial charge in [-0.25, -0.2) is 14.2 Å². The summed E-state index contributed by atoms with van der Waals surface area (Å²) in [6.45, 7) is 2.62. The van der Waals surface area contributed by atoms with Crippen LogP contribution in [-0.4, -0.2) is 52.6 Å². The lowest BCUT2D eigenvalue weighted by Crippen LogP contribution is -2.44. The van der Waals surface area contributed by atoms with Gasteiger partial charge in [-0.3, -0.25) is 4.79 Å². The molecule has 8 nitrogen and oxygen atoms in total. The highest BCUT2D eigenvalue weighted by atomic mass is 19.1. The normalized spacial score (nSPS) is 14.3. The lowest BCUT2D eigenvalue weighted by molar-refractivity contribution is -0.126. The Morgan fingerprint density at radius 1 is 1.09 bits per heavy atom. The van der Waals surface area contributed by atoms with Crippen LogP contribution in [0, 0.1) is 11.7 Å². The summed E-state index contributed by atoms with van der Waals surface area (Å²) in [7, 11) is 1.96. The van der Waals surface area contributed by atoms with E-state index in [0.717, 1.165) is 41.7 Å². The number of imidazole rings is 1. The molecule has 0 bridgehead atoms.